The van der Waals surface area contributed by atoms with Crippen LogP contribution in [-0.2, 0) is 6.61 Å². The van der Waals surface area contributed by atoms with E-state index < -0.39 is 0 Å². The fraction of sp³-hybridized carbons (Fsp3) is 0.0909. The van der Waals surface area contributed by atoms with Crippen LogP contribution in [0.25, 0.3) is 22.5 Å². The molecule has 5 aromatic rings. The summed E-state index contributed by atoms with van der Waals surface area (Å²) in [5, 5.41) is 10.1. The molecule has 1 heterocycles. The number of hydrogen-bond donors (Lipinski definition) is 0. The number of rotatable bonds is 9. The van der Waals surface area contributed by atoms with Crippen molar-refractivity contribution in [2.75, 3.05) is 6.61 Å². The molecular weight excluding hydrogens is 552 g/mol. The maximum Gasteiger partial charge on any atom is 0.238 e. The summed E-state index contributed by atoms with van der Waals surface area (Å²) in [7, 11) is 0. The maximum absolute atomic E-state index is 10.1. The van der Waals surface area contributed by atoms with Gasteiger partial charge in [0.1, 0.15) is 24.0 Å². The van der Waals surface area contributed by atoms with Gasteiger partial charge >= 0.3 is 0 Å². The lowest BCUT2D eigenvalue weighted by molar-refractivity contribution is 0.267. The average Bonchev–Trinajstić information content (AvgIpc) is 3.36. The van der Waals surface area contributed by atoms with Crippen LogP contribution in [0.5, 0.6) is 11.5 Å². The van der Waals surface area contributed by atoms with E-state index in [2.05, 4.69) is 27.0 Å². The van der Waals surface area contributed by atoms with Gasteiger partial charge in [-0.05, 0) is 51.7 Å². The lowest BCUT2D eigenvalue weighted by atomic mass is 9.98. The van der Waals surface area contributed by atoms with Crippen molar-refractivity contribution in [3.05, 3.63) is 124 Å². The number of hydrogen-bond acceptors (Lipinski definition) is 5. The van der Waals surface area contributed by atoms with Gasteiger partial charge in [0.05, 0.1) is 11.1 Å². The summed E-state index contributed by atoms with van der Waals surface area (Å²) in [6.45, 7) is 2.82. The largest absolute Gasteiger partial charge is 0.490 e. The molecule has 192 valence electrons. The molecule has 39 heavy (non-hydrogen) atoms. The zero-order chi connectivity index (χ0) is 27.0. The second-order valence-corrected chi connectivity index (χ2v) is 9.48. The molecule has 0 fully saturated rings. The van der Waals surface area contributed by atoms with E-state index in [4.69, 9.17) is 13.9 Å². The first-order chi connectivity index (χ1) is 19.2. The van der Waals surface area contributed by atoms with E-state index in [1.807, 2.05) is 110 Å². The summed E-state index contributed by atoms with van der Waals surface area (Å²) in [5.41, 5.74) is 4.68. The highest BCUT2D eigenvalue weighted by atomic mass is 79.9. The predicted octanol–water partition coefficient (Wildman–Crippen LogP) is 8.98. The number of nitriles is 1. The van der Waals surface area contributed by atoms with Crippen molar-refractivity contribution in [2.45, 2.75) is 13.5 Å². The van der Waals surface area contributed by atoms with Crippen LogP contribution in [0.4, 0.5) is 5.88 Å². The van der Waals surface area contributed by atoms with Crippen molar-refractivity contribution in [3.8, 4) is 40.0 Å². The Bertz CT molecular complexity index is 1620. The van der Waals surface area contributed by atoms with Crippen LogP contribution in [0.3, 0.4) is 0 Å². The highest BCUT2D eigenvalue weighted by Gasteiger charge is 2.22. The molecule has 0 radical (unpaired) electrons. The minimum absolute atomic E-state index is 0.244. The molecule has 0 aliphatic carbocycles. The van der Waals surface area contributed by atoms with E-state index in [0.717, 1.165) is 32.3 Å². The van der Waals surface area contributed by atoms with Crippen LogP contribution < -0.4 is 9.47 Å². The van der Waals surface area contributed by atoms with Crippen molar-refractivity contribution in [1.29, 1.82) is 5.26 Å². The van der Waals surface area contributed by atoms with E-state index in [-0.39, 0.29) is 5.88 Å². The first kappa shape index (κ1) is 26.0. The van der Waals surface area contributed by atoms with Gasteiger partial charge in [-0.25, -0.2) is 4.99 Å². The maximum atomic E-state index is 10.1. The SMILES string of the molecule is CCOc1cc(C=Nc2oc(-c3ccccc3)c(-c3ccccc3)c2C#N)cc(Br)c1OCc1ccccc1. The van der Waals surface area contributed by atoms with Gasteiger partial charge in [-0.2, -0.15) is 5.26 Å². The number of halogens is 1. The number of ether oxygens (including phenoxy) is 2. The average molecular weight is 577 g/mol. The Morgan fingerprint density at radius 2 is 1.51 bits per heavy atom. The van der Waals surface area contributed by atoms with Crippen LogP contribution in [-0.4, -0.2) is 12.8 Å². The summed E-state index contributed by atoms with van der Waals surface area (Å²) in [5.74, 6) is 2.06. The molecule has 0 bridgehead atoms. The Morgan fingerprint density at radius 1 is 0.872 bits per heavy atom. The molecule has 0 saturated heterocycles. The molecule has 0 atom stereocenters. The summed E-state index contributed by atoms with van der Waals surface area (Å²) in [4.78, 5) is 4.61. The van der Waals surface area contributed by atoms with Gasteiger partial charge in [0.15, 0.2) is 11.5 Å². The third kappa shape index (κ3) is 5.95. The van der Waals surface area contributed by atoms with Crippen LogP contribution in [0.2, 0.25) is 0 Å². The Hall–Kier alpha value is -4.60. The van der Waals surface area contributed by atoms with Crippen LogP contribution in [0.1, 0.15) is 23.6 Å². The van der Waals surface area contributed by atoms with Crippen LogP contribution >= 0.6 is 15.9 Å². The van der Waals surface area contributed by atoms with E-state index in [0.29, 0.717) is 36.0 Å². The third-order valence-corrected chi connectivity index (χ3v) is 6.58. The molecule has 0 aliphatic rings. The molecule has 0 unspecified atom stereocenters. The zero-order valence-electron chi connectivity index (χ0n) is 21.3. The molecule has 0 saturated carbocycles. The van der Waals surface area contributed by atoms with Gasteiger partial charge in [0.2, 0.25) is 5.88 Å². The zero-order valence-corrected chi connectivity index (χ0v) is 22.9. The molecule has 0 N–H and O–H groups in total. The minimum Gasteiger partial charge on any atom is -0.490 e. The number of aliphatic imine (C=N–C) groups is 1. The monoisotopic (exact) mass is 576 g/mol. The van der Waals surface area contributed by atoms with Crippen molar-refractivity contribution < 1.29 is 13.9 Å². The number of nitrogens with zero attached hydrogens (tertiary/aromatic N) is 2. The molecule has 0 amide bonds. The highest BCUT2D eigenvalue weighted by molar-refractivity contribution is 9.10. The number of furan rings is 1. The molecule has 5 rings (SSSR count). The smallest absolute Gasteiger partial charge is 0.238 e. The Kier molecular flexibility index (Phi) is 8.20. The van der Waals surface area contributed by atoms with E-state index in [9.17, 15) is 5.26 Å². The fourth-order valence-electron chi connectivity index (χ4n) is 4.22. The van der Waals surface area contributed by atoms with E-state index in [1.54, 1.807) is 6.21 Å². The standard InChI is InChI=1S/C33H25BrN2O3/c1-2-37-29-19-24(18-28(34)32(29)38-22-23-12-6-3-7-13-23)21-36-33-27(20-35)30(25-14-8-4-9-15-25)31(39-33)26-16-10-5-11-17-26/h3-19,21H,2,22H2,1H3. The first-order valence-corrected chi connectivity index (χ1v) is 13.3. The molecule has 6 heteroatoms. The van der Waals surface area contributed by atoms with Gasteiger partial charge in [-0.1, -0.05) is 91.0 Å². The Morgan fingerprint density at radius 3 is 2.15 bits per heavy atom. The molecule has 0 aliphatic heterocycles. The minimum atomic E-state index is 0.244. The van der Waals surface area contributed by atoms with E-state index in [1.165, 1.54) is 0 Å². The van der Waals surface area contributed by atoms with Crippen LogP contribution in [0, 0.1) is 11.3 Å². The molecule has 5 nitrogen and oxygen atoms in total. The van der Waals surface area contributed by atoms with E-state index >= 15 is 0 Å². The van der Waals surface area contributed by atoms with Gasteiger partial charge in [-0.15, -0.1) is 0 Å². The van der Waals surface area contributed by atoms with Crippen molar-refractivity contribution in [2.24, 2.45) is 4.99 Å². The Balaban J connectivity index is 1.51. The molecule has 4 aromatic carbocycles. The highest BCUT2D eigenvalue weighted by Crippen LogP contribution is 2.43. The third-order valence-electron chi connectivity index (χ3n) is 5.99. The topological polar surface area (TPSA) is 67.8 Å². The predicted molar refractivity (Wildman–Crippen MR) is 158 cm³/mol. The van der Waals surface area contributed by atoms with Crippen molar-refractivity contribution in [1.82, 2.24) is 0 Å². The fourth-order valence-corrected chi connectivity index (χ4v) is 4.79. The second-order valence-electron chi connectivity index (χ2n) is 8.63. The van der Waals surface area contributed by atoms with Crippen LogP contribution in [0.15, 0.2) is 117 Å². The molecular formula is C33H25BrN2O3. The van der Waals surface area contributed by atoms with Gasteiger partial charge in [0, 0.05) is 17.3 Å². The summed E-state index contributed by atoms with van der Waals surface area (Å²) in [6.07, 6.45) is 1.66. The van der Waals surface area contributed by atoms with Crippen molar-refractivity contribution in [3.63, 3.8) is 0 Å². The first-order valence-electron chi connectivity index (χ1n) is 12.5. The van der Waals surface area contributed by atoms with Gasteiger partial charge in [-0.3, -0.25) is 0 Å². The number of benzene rings is 4. The second kappa shape index (κ2) is 12.3. The summed E-state index contributed by atoms with van der Waals surface area (Å²) < 4.78 is 19.0. The summed E-state index contributed by atoms with van der Waals surface area (Å²) >= 11 is 3.63. The van der Waals surface area contributed by atoms with Crippen molar-refractivity contribution >= 4 is 28.0 Å². The molecule has 1 aromatic heterocycles. The molecule has 0 spiro atoms. The lowest BCUT2D eigenvalue weighted by Gasteiger charge is -2.14. The van der Waals surface area contributed by atoms with Gasteiger partial charge < -0.3 is 13.9 Å². The summed E-state index contributed by atoms with van der Waals surface area (Å²) in [6, 6.07) is 35.5. The Labute approximate surface area is 236 Å². The van der Waals surface area contributed by atoms with Gasteiger partial charge in [0.25, 0.3) is 0 Å². The normalized spacial score (nSPS) is 10.9. The lowest BCUT2D eigenvalue weighted by Crippen LogP contribution is -2.01. The quantitative estimate of drug-likeness (QED) is 0.164.